The summed E-state index contributed by atoms with van der Waals surface area (Å²) in [4.78, 5) is 14.8. The van der Waals surface area contributed by atoms with Gasteiger partial charge in [-0.2, -0.15) is 0 Å². The molecule has 1 unspecified atom stereocenters. The molecule has 5 nitrogen and oxygen atoms in total. The molecule has 1 heterocycles. The van der Waals surface area contributed by atoms with Crippen LogP contribution >= 0.6 is 0 Å². The number of halogens is 1. The number of carbonyl (C=O) groups excluding carboxylic acids is 1. The second-order valence-electron chi connectivity index (χ2n) is 7.98. The van der Waals surface area contributed by atoms with Gasteiger partial charge in [0.05, 0.1) is 14.2 Å². The molecule has 1 atom stereocenters. The number of aryl methyl sites for hydroxylation is 1. The van der Waals surface area contributed by atoms with Crippen LogP contribution in [0.25, 0.3) is 0 Å². The third kappa shape index (κ3) is 5.95. The Morgan fingerprint density at radius 3 is 2.77 bits per heavy atom. The van der Waals surface area contributed by atoms with Crippen molar-refractivity contribution in [3.63, 3.8) is 0 Å². The highest BCUT2D eigenvalue weighted by atomic mass is 19.1. The summed E-state index contributed by atoms with van der Waals surface area (Å²) in [5.74, 6) is 1.27. The number of hydrogen-bond donors (Lipinski definition) is 1. The summed E-state index contributed by atoms with van der Waals surface area (Å²) < 4.78 is 23.9. The van der Waals surface area contributed by atoms with Crippen molar-refractivity contribution < 1.29 is 18.7 Å². The predicted octanol–water partition coefficient (Wildman–Crippen LogP) is 4.78. The highest BCUT2D eigenvalue weighted by Crippen LogP contribution is 2.25. The van der Waals surface area contributed by atoms with Crippen molar-refractivity contribution in [3.8, 4) is 11.5 Å². The zero-order valence-electron chi connectivity index (χ0n) is 18.0. The molecular weight excluding hydrogens is 383 g/mol. The second kappa shape index (κ2) is 10.4. The van der Waals surface area contributed by atoms with E-state index in [0.717, 1.165) is 61.5 Å². The number of hydrogen-bond acceptors (Lipinski definition) is 4. The summed E-state index contributed by atoms with van der Waals surface area (Å²) in [6.45, 7) is 4.70. The van der Waals surface area contributed by atoms with Crippen molar-refractivity contribution in [2.24, 2.45) is 5.92 Å². The summed E-state index contributed by atoms with van der Waals surface area (Å²) >= 11 is 0. The molecule has 1 N–H and O–H groups in total. The maximum Gasteiger partial charge on any atom is 0.224 e. The van der Waals surface area contributed by atoms with Crippen LogP contribution in [0.3, 0.4) is 0 Å². The number of ether oxygens (including phenoxy) is 2. The van der Waals surface area contributed by atoms with E-state index in [9.17, 15) is 9.18 Å². The molecular formula is C24H31FN2O3. The molecule has 30 heavy (non-hydrogen) atoms. The van der Waals surface area contributed by atoms with Gasteiger partial charge in [-0.3, -0.25) is 9.69 Å². The highest BCUT2D eigenvalue weighted by molar-refractivity contribution is 5.91. The van der Waals surface area contributed by atoms with Gasteiger partial charge >= 0.3 is 0 Å². The normalized spacial score (nSPS) is 16.9. The lowest BCUT2D eigenvalue weighted by molar-refractivity contribution is -0.116. The van der Waals surface area contributed by atoms with Crippen LogP contribution in [-0.4, -0.2) is 38.1 Å². The quantitative estimate of drug-likeness (QED) is 0.675. The van der Waals surface area contributed by atoms with Crippen LogP contribution in [-0.2, 0) is 11.3 Å². The Kier molecular flexibility index (Phi) is 7.69. The van der Waals surface area contributed by atoms with Gasteiger partial charge in [0.15, 0.2) is 11.6 Å². The Morgan fingerprint density at radius 1 is 1.20 bits per heavy atom. The van der Waals surface area contributed by atoms with E-state index in [2.05, 4.69) is 10.2 Å². The Balaban J connectivity index is 1.48. The average molecular weight is 415 g/mol. The summed E-state index contributed by atoms with van der Waals surface area (Å²) in [6, 6.07) is 10.7. The highest BCUT2D eigenvalue weighted by Gasteiger charge is 2.21. The molecule has 1 aliphatic heterocycles. The first kappa shape index (κ1) is 22.1. The minimum Gasteiger partial charge on any atom is -0.497 e. The zero-order valence-corrected chi connectivity index (χ0v) is 18.0. The Bertz CT molecular complexity index is 872. The third-order valence-corrected chi connectivity index (χ3v) is 5.71. The molecule has 6 heteroatoms. The minimum atomic E-state index is -0.337. The van der Waals surface area contributed by atoms with Crippen molar-refractivity contribution in [1.82, 2.24) is 4.90 Å². The summed E-state index contributed by atoms with van der Waals surface area (Å²) in [5.41, 5.74) is 2.86. The van der Waals surface area contributed by atoms with Gasteiger partial charge < -0.3 is 14.8 Å². The molecule has 0 bridgehead atoms. The number of nitrogens with zero attached hydrogens (tertiary/aromatic N) is 1. The molecule has 1 aliphatic rings. The van der Waals surface area contributed by atoms with E-state index in [0.29, 0.717) is 12.3 Å². The summed E-state index contributed by atoms with van der Waals surface area (Å²) in [5, 5.41) is 3.01. The Labute approximate surface area is 178 Å². The maximum atomic E-state index is 13.6. The van der Waals surface area contributed by atoms with Crippen molar-refractivity contribution >= 4 is 11.6 Å². The van der Waals surface area contributed by atoms with E-state index in [-0.39, 0.29) is 17.5 Å². The molecule has 0 aromatic heterocycles. The fourth-order valence-electron chi connectivity index (χ4n) is 4.04. The van der Waals surface area contributed by atoms with Crippen LogP contribution < -0.4 is 14.8 Å². The van der Waals surface area contributed by atoms with E-state index < -0.39 is 0 Å². The van der Waals surface area contributed by atoms with Crippen molar-refractivity contribution in [1.29, 1.82) is 0 Å². The van der Waals surface area contributed by atoms with Crippen LogP contribution in [0.1, 0.15) is 36.8 Å². The van der Waals surface area contributed by atoms with Crippen LogP contribution in [0.4, 0.5) is 10.1 Å². The van der Waals surface area contributed by atoms with Gasteiger partial charge in [0, 0.05) is 25.2 Å². The molecule has 2 aromatic carbocycles. The molecule has 2 aromatic rings. The molecule has 0 spiro atoms. The fourth-order valence-corrected chi connectivity index (χ4v) is 4.04. The number of methoxy groups -OCH3 is 2. The summed E-state index contributed by atoms with van der Waals surface area (Å²) in [6.07, 6.45) is 3.62. The van der Waals surface area contributed by atoms with E-state index >= 15 is 0 Å². The molecule has 162 valence electrons. The summed E-state index contributed by atoms with van der Waals surface area (Å²) in [7, 11) is 3.12. The first-order valence-electron chi connectivity index (χ1n) is 10.5. The number of benzene rings is 2. The number of nitrogens with one attached hydrogen (secondary N) is 1. The van der Waals surface area contributed by atoms with Crippen LogP contribution in [0.2, 0.25) is 0 Å². The fraction of sp³-hybridized carbons (Fsp3) is 0.458. The van der Waals surface area contributed by atoms with Crippen molar-refractivity contribution in [3.05, 3.63) is 53.3 Å². The number of carbonyl (C=O) groups is 1. The first-order valence-corrected chi connectivity index (χ1v) is 10.5. The lowest BCUT2D eigenvalue weighted by Crippen LogP contribution is -2.35. The Morgan fingerprint density at radius 2 is 2.03 bits per heavy atom. The third-order valence-electron chi connectivity index (χ3n) is 5.71. The molecule has 1 amide bonds. The van der Waals surface area contributed by atoms with Gasteiger partial charge in [0.1, 0.15) is 5.75 Å². The first-order chi connectivity index (χ1) is 14.5. The topological polar surface area (TPSA) is 50.8 Å². The van der Waals surface area contributed by atoms with Crippen LogP contribution in [0.15, 0.2) is 36.4 Å². The average Bonchev–Trinajstić information content (AvgIpc) is 2.75. The molecule has 1 saturated heterocycles. The van der Waals surface area contributed by atoms with Crippen molar-refractivity contribution in [2.45, 2.75) is 39.2 Å². The SMILES string of the molecule is COc1ccc(NC(=O)CCC2CCCN(Cc3ccc(F)c(OC)c3)C2)c(C)c1. The second-order valence-corrected chi connectivity index (χ2v) is 7.98. The molecule has 0 saturated carbocycles. The zero-order chi connectivity index (χ0) is 21.5. The smallest absolute Gasteiger partial charge is 0.224 e. The molecule has 1 fully saturated rings. The minimum absolute atomic E-state index is 0.0451. The lowest BCUT2D eigenvalue weighted by atomic mass is 9.93. The molecule has 0 aliphatic carbocycles. The van der Waals surface area contributed by atoms with Gasteiger partial charge in [0.25, 0.3) is 0 Å². The van der Waals surface area contributed by atoms with Crippen LogP contribution in [0.5, 0.6) is 11.5 Å². The number of amides is 1. The Hall–Kier alpha value is -2.60. The molecule has 3 rings (SSSR count). The maximum absolute atomic E-state index is 13.6. The van der Waals surface area contributed by atoms with E-state index in [1.807, 2.05) is 31.2 Å². The number of anilines is 1. The predicted molar refractivity (Wildman–Crippen MR) is 117 cm³/mol. The van der Waals surface area contributed by atoms with E-state index in [1.165, 1.54) is 13.2 Å². The number of likely N-dealkylation sites (tertiary alicyclic amines) is 1. The van der Waals surface area contributed by atoms with Gasteiger partial charge in [-0.1, -0.05) is 6.07 Å². The van der Waals surface area contributed by atoms with Crippen LogP contribution in [0, 0.1) is 18.7 Å². The monoisotopic (exact) mass is 414 g/mol. The standard InChI is InChI=1S/C24H31FN2O3/c1-17-13-20(29-2)8-10-22(17)26-24(28)11-7-18-5-4-12-27(15-18)16-19-6-9-21(25)23(14-19)30-3/h6,8-10,13-14,18H,4-5,7,11-12,15-16H2,1-3H3,(H,26,28). The molecule has 0 radical (unpaired) electrons. The number of rotatable bonds is 8. The van der Waals surface area contributed by atoms with Gasteiger partial charge in [-0.15, -0.1) is 0 Å². The van der Waals surface area contributed by atoms with Crippen molar-refractivity contribution in [2.75, 3.05) is 32.6 Å². The van der Waals surface area contributed by atoms with Gasteiger partial charge in [-0.25, -0.2) is 4.39 Å². The number of piperidine rings is 1. The van der Waals surface area contributed by atoms with E-state index in [4.69, 9.17) is 9.47 Å². The largest absolute Gasteiger partial charge is 0.497 e. The van der Waals surface area contributed by atoms with Gasteiger partial charge in [-0.05, 0) is 80.1 Å². The lowest BCUT2D eigenvalue weighted by Gasteiger charge is -2.32. The van der Waals surface area contributed by atoms with E-state index in [1.54, 1.807) is 13.2 Å². The van der Waals surface area contributed by atoms with Gasteiger partial charge in [0.2, 0.25) is 5.91 Å².